The molecule has 1 aromatic heterocycles. The fourth-order valence-electron chi connectivity index (χ4n) is 2.14. The third kappa shape index (κ3) is 2.12. The average molecular weight is 267 g/mol. The summed E-state index contributed by atoms with van der Waals surface area (Å²) in [5, 5.41) is 10.2. The first-order valence-electron chi connectivity index (χ1n) is 6.18. The van der Waals surface area contributed by atoms with Crippen molar-refractivity contribution in [3.8, 4) is 11.5 Å². The zero-order valence-electron chi connectivity index (χ0n) is 10.9. The quantitative estimate of drug-likeness (QED) is 0.717. The predicted molar refractivity (Wildman–Crippen MR) is 76.4 cm³/mol. The van der Waals surface area contributed by atoms with Gasteiger partial charge in [-0.3, -0.25) is 4.79 Å². The number of aromatic hydroxyl groups is 1. The Balaban J connectivity index is 1.98. The summed E-state index contributed by atoms with van der Waals surface area (Å²) >= 11 is 0. The van der Waals surface area contributed by atoms with Crippen LogP contribution in [0.1, 0.15) is 16.1 Å². The average Bonchev–Trinajstić information content (AvgIpc) is 2.89. The number of fused-ring (bicyclic) bond motifs is 1. The summed E-state index contributed by atoms with van der Waals surface area (Å²) in [6.45, 7) is 0. The molecule has 3 rings (SSSR count). The standard InChI is InChI=1S/C16H13NO3/c1-20-13-5-2-10(3-6-13)16(19)15-9-11-8-12(18)4-7-14(11)17-15/h2-9,17-18H,1H3. The summed E-state index contributed by atoms with van der Waals surface area (Å²) in [6, 6.07) is 13.6. The molecule has 0 aliphatic heterocycles. The lowest BCUT2D eigenvalue weighted by Gasteiger charge is -2.01. The number of phenolic OH excluding ortho intramolecular Hbond substituents is 1. The van der Waals surface area contributed by atoms with Crippen molar-refractivity contribution in [3.05, 3.63) is 59.8 Å². The molecular weight excluding hydrogens is 254 g/mol. The first kappa shape index (κ1) is 12.3. The van der Waals surface area contributed by atoms with E-state index in [0.717, 1.165) is 10.9 Å². The SMILES string of the molecule is COc1ccc(C(=O)c2cc3cc(O)ccc3[nH]2)cc1. The zero-order chi connectivity index (χ0) is 14.1. The molecule has 1 heterocycles. The number of ether oxygens (including phenoxy) is 1. The number of methoxy groups -OCH3 is 1. The third-order valence-corrected chi connectivity index (χ3v) is 3.20. The third-order valence-electron chi connectivity index (χ3n) is 3.20. The summed E-state index contributed by atoms with van der Waals surface area (Å²) < 4.78 is 5.07. The Morgan fingerprint density at radius 1 is 1.10 bits per heavy atom. The van der Waals surface area contributed by atoms with Gasteiger partial charge in [-0.05, 0) is 48.5 Å². The molecule has 20 heavy (non-hydrogen) atoms. The number of ketones is 1. The van der Waals surface area contributed by atoms with E-state index in [0.29, 0.717) is 17.0 Å². The second-order valence-electron chi connectivity index (χ2n) is 4.51. The molecule has 0 saturated heterocycles. The number of phenols is 1. The molecule has 0 amide bonds. The maximum atomic E-state index is 12.4. The second-order valence-corrected chi connectivity index (χ2v) is 4.51. The lowest BCUT2D eigenvalue weighted by Crippen LogP contribution is -2.01. The van der Waals surface area contributed by atoms with E-state index < -0.39 is 0 Å². The van der Waals surface area contributed by atoms with Gasteiger partial charge in [0, 0.05) is 16.5 Å². The molecular formula is C16H13NO3. The van der Waals surface area contributed by atoms with Crippen molar-refractivity contribution in [2.75, 3.05) is 7.11 Å². The van der Waals surface area contributed by atoms with Gasteiger partial charge in [-0.15, -0.1) is 0 Å². The van der Waals surface area contributed by atoms with E-state index in [9.17, 15) is 9.90 Å². The highest BCUT2D eigenvalue weighted by atomic mass is 16.5. The molecule has 2 aromatic carbocycles. The molecule has 4 nitrogen and oxygen atoms in total. The topological polar surface area (TPSA) is 62.3 Å². The van der Waals surface area contributed by atoms with E-state index >= 15 is 0 Å². The van der Waals surface area contributed by atoms with Gasteiger partial charge in [-0.1, -0.05) is 0 Å². The Morgan fingerprint density at radius 2 is 1.85 bits per heavy atom. The molecule has 4 heteroatoms. The van der Waals surface area contributed by atoms with Crippen molar-refractivity contribution in [2.45, 2.75) is 0 Å². The van der Waals surface area contributed by atoms with Gasteiger partial charge in [-0.25, -0.2) is 0 Å². The van der Waals surface area contributed by atoms with Crippen molar-refractivity contribution >= 4 is 16.7 Å². The van der Waals surface area contributed by atoms with Gasteiger partial charge >= 0.3 is 0 Å². The Bertz CT molecular complexity index is 772. The second kappa shape index (κ2) is 4.74. The first-order chi connectivity index (χ1) is 9.67. The molecule has 0 radical (unpaired) electrons. The fourth-order valence-corrected chi connectivity index (χ4v) is 2.14. The van der Waals surface area contributed by atoms with E-state index in [1.807, 2.05) is 0 Å². The van der Waals surface area contributed by atoms with Crippen LogP contribution < -0.4 is 4.74 Å². The molecule has 100 valence electrons. The maximum Gasteiger partial charge on any atom is 0.209 e. The Labute approximate surface area is 115 Å². The van der Waals surface area contributed by atoms with E-state index in [4.69, 9.17) is 4.74 Å². The number of H-pyrrole nitrogens is 1. The van der Waals surface area contributed by atoms with Gasteiger partial charge in [0.2, 0.25) is 5.78 Å². The van der Waals surface area contributed by atoms with Crippen LogP contribution in [0.5, 0.6) is 11.5 Å². The van der Waals surface area contributed by atoms with Gasteiger partial charge in [0.25, 0.3) is 0 Å². The van der Waals surface area contributed by atoms with Crippen LogP contribution in [0.15, 0.2) is 48.5 Å². The van der Waals surface area contributed by atoms with Crippen molar-refractivity contribution in [2.24, 2.45) is 0 Å². The number of carbonyl (C=O) groups excluding carboxylic acids is 1. The lowest BCUT2D eigenvalue weighted by atomic mass is 10.1. The minimum absolute atomic E-state index is 0.0941. The molecule has 2 N–H and O–H groups in total. The predicted octanol–water partition coefficient (Wildman–Crippen LogP) is 3.11. The summed E-state index contributed by atoms with van der Waals surface area (Å²) in [6.07, 6.45) is 0. The van der Waals surface area contributed by atoms with E-state index in [1.165, 1.54) is 0 Å². The van der Waals surface area contributed by atoms with Gasteiger partial charge in [-0.2, -0.15) is 0 Å². The highest BCUT2D eigenvalue weighted by Gasteiger charge is 2.12. The Hall–Kier alpha value is -2.75. The monoisotopic (exact) mass is 267 g/mol. The van der Waals surface area contributed by atoms with E-state index in [-0.39, 0.29) is 11.5 Å². The van der Waals surface area contributed by atoms with E-state index in [2.05, 4.69) is 4.98 Å². The van der Waals surface area contributed by atoms with Crippen molar-refractivity contribution in [1.82, 2.24) is 4.98 Å². The molecule has 0 bridgehead atoms. The highest BCUT2D eigenvalue weighted by molar-refractivity contribution is 6.10. The number of aromatic nitrogens is 1. The van der Waals surface area contributed by atoms with Gasteiger partial charge < -0.3 is 14.8 Å². The number of benzene rings is 2. The van der Waals surface area contributed by atoms with Crippen LogP contribution in [0.25, 0.3) is 10.9 Å². The molecule has 0 unspecified atom stereocenters. The number of hydrogen-bond donors (Lipinski definition) is 2. The molecule has 0 atom stereocenters. The molecule has 0 aliphatic carbocycles. The van der Waals surface area contributed by atoms with Crippen LogP contribution in [0.3, 0.4) is 0 Å². The number of carbonyl (C=O) groups is 1. The Morgan fingerprint density at radius 3 is 2.55 bits per heavy atom. The van der Waals surface area contributed by atoms with Crippen LogP contribution in [-0.2, 0) is 0 Å². The van der Waals surface area contributed by atoms with Crippen LogP contribution in [-0.4, -0.2) is 23.0 Å². The van der Waals surface area contributed by atoms with Gasteiger partial charge in [0.15, 0.2) is 0 Å². The van der Waals surface area contributed by atoms with Crippen molar-refractivity contribution < 1.29 is 14.6 Å². The van der Waals surface area contributed by atoms with Gasteiger partial charge in [0.05, 0.1) is 12.8 Å². The zero-order valence-corrected chi connectivity index (χ0v) is 10.9. The minimum atomic E-state index is -0.0941. The normalized spacial score (nSPS) is 10.7. The highest BCUT2D eigenvalue weighted by Crippen LogP contribution is 2.22. The fraction of sp³-hybridized carbons (Fsp3) is 0.0625. The smallest absolute Gasteiger partial charge is 0.209 e. The maximum absolute atomic E-state index is 12.4. The molecule has 0 aliphatic rings. The number of hydrogen-bond acceptors (Lipinski definition) is 3. The summed E-state index contributed by atoms with van der Waals surface area (Å²) in [5.74, 6) is 0.798. The largest absolute Gasteiger partial charge is 0.508 e. The Kier molecular flexibility index (Phi) is 2.91. The number of aromatic amines is 1. The summed E-state index contributed by atoms with van der Waals surface area (Å²) in [7, 11) is 1.58. The molecule has 0 spiro atoms. The van der Waals surface area contributed by atoms with Crippen molar-refractivity contribution in [1.29, 1.82) is 0 Å². The molecule has 0 saturated carbocycles. The lowest BCUT2D eigenvalue weighted by molar-refractivity contribution is 0.103. The summed E-state index contributed by atoms with van der Waals surface area (Å²) in [5.41, 5.74) is 1.90. The van der Waals surface area contributed by atoms with Gasteiger partial charge in [0.1, 0.15) is 11.5 Å². The minimum Gasteiger partial charge on any atom is -0.508 e. The van der Waals surface area contributed by atoms with Crippen molar-refractivity contribution in [3.63, 3.8) is 0 Å². The summed E-state index contributed by atoms with van der Waals surface area (Å²) in [4.78, 5) is 15.4. The number of rotatable bonds is 3. The van der Waals surface area contributed by atoms with Crippen LogP contribution >= 0.6 is 0 Å². The van der Waals surface area contributed by atoms with Crippen LogP contribution in [0.4, 0.5) is 0 Å². The van der Waals surface area contributed by atoms with Crippen LogP contribution in [0.2, 0.25) is 0 Å². The molecule has 3 aromatic rings. The van der Waals surface area contributed by atoms with Crippen LogP contribution in [0, 0.1) is 0 Å². The molecule has 0 fully saturated rings. The number of nitrogens with one attached hydrogen (secondary N) is 1. The first-order valence-corrected chi connectivity index (χ1v) is 6.18. The van der Waals surface area contributed by atoms with E-state index in [1.54, 1.807) is 55.6 Å².